The van der Waals surface area contributed by atoms with Crippen LogP contribution in [-0.4, -0.2) is 46.2 Å². The van der Waals surface area contributed by atoms with Gasteiger partial charge in [-0.05, 0) is 36.8 Å². The third kappa shape index (κ3) is 3.01. The zero-order valence-electron chi connectivity index (χ0n) is 14.6. The molecule has 4 rings (SSSR count). The molecule has 0 unspecified atom stereocenters. The second-order valence-electron chi connectivity index (χ2n) is 6.58. The van der Waals surface area contributed by atoms with Gasteiger partial charge in [0, 0.05) is 31.9 Å². The summed E-state index contributed by atoms with van der Waals surface area (Å²) < 4.78 is 0. The Kier molecular flexibility index (Phi) is 4.51. The maximum Gasteiger partial charge on any atom is 0.259 e. The molecule has 0 bridgehead atoms. The largest absolute Gasteiger partial charge is 0.351 e. The third-order valence-electron chi connectivity index (χ3n) is 4.98. The number of thioether (sulfide) groups is 1. The average Bonchev–Trinajstić information content (AvgIpc) is 3.11. The molecule has 0 aliphatic carbocycles. The van der Waals surface area contributed by atoms with E-state index in [-0.39, 0.29) is 5.91 Å². The van der Waals surface area contributed by atoms with Crippen molar-refractivity contribution < 1.29 is 4.79 Å². The highest BCUT2D eigenvalue weighted by Gasteiger charge is 2.36. The summed E-state index contributed by atoms with van der Waals surface area (Å²) in [6, 6.07) is 9.83. The number of aromatic nitrogens is 2. The van der Waals surface area contributed by atoms with E-state index in [1.165, 1.54) is 11.8 Å². The molecule has 0 spiro atoms. The SMILES string of the molecule is CSc1ncc2c(n1)N1CCC[C@H]1CN(Cc1ccc(C#N)cc1)C2=O. The zero-order valence-corrected chi connectivity index (χ0v) is 15.4. The molecule has 1 saturated heterocycles. The van der Waals surface area contributed by atoms with Crippen molar-refractivity contribution in [1.82, 2.24) is 14.9 Å². The smallest absolute Gasteiger partial charge is 0.259 e. The van der Waals surface area contributed by atoms with Crippen LogP contribution in [0.2, 0.25) is 0 Å². The summed E-state index contributed by atoms with van der Waals surface area (Å²) in [5.41, 5.74) is 2.23. The lowest BCUT2D eigenvalue weighted by Gasteiger charge is -2.27. The first kappa shape index (κ1) is 16.9. The van der Waals surface area contributed by atoms with E-state index in [0.29, 0.717) is 35.4 Å². The van der Waals surface area contributed by atoms with Crippen molar-refractivity contribution in [2.75, 3.05) is 24.2 Å². The molecular formula is C19H19N5OS. The lowest BCUT2D eigenvalue weighted by Crippen LogP contribution is -2.39. The Morgan fingerprint density at radius 3 is 2.88 bits per heavy atom. The Morgan fingerprint density at radius 2 is 2.15 bits per heavy atom. The van der Waals surface area contributed by atoms with Crippen molar-refractivity contribution in [2.45, 2.75) is 30.6 Å². The van der Waals surface area contributed by atoms with E-state index in [2.05, 4.69) is 20.9 Å². The van der Waals surface area contributed by atoms with Crippen LogP contribution in [0.4, 0.5) is 5.82 Å². The monoisotopic (exact) mass is 365 g/mol. The first-order chi connectivity index (χ1) is 12.7. The van der Waals surface area contributed by atoms with Crippen LogP contribution in [0, 0.1) is 11.3 Å². The summed E-state index contributed by atoms with van der Waals surface area (Å²) in [7, 11) is 0. The van der Waals surface area contributed by atoms with Gasteiger partial charge in [-0.3, -0.25) is 4.79 Å². The van der Waals surface area contributed by atoms with Crippen molar-refractivity contribution in [2.24, 2.45) is 0 Å². The van der Waals surface area contributed by atoms with Crippen LogP contribution in [0.5, 0.6) is 0 Å². The predicted molar refractivity (Wildman–Crippen MR) is 100 cm³/mol. The lowest BCUT2D eigenvalue weighted by atomic mass is 10.1. The van der Waals surface area contributed by atoms with Crippen LogP contribution in [0.3, 0.4) is 0 Å². The number of benzene rings is 1. The summed E-state index contributed by atoms with van der Waals surface area (Å²) >= 11 is 1.49. The predicted octanol–water partition coefficient (Wildman–Crippen LogP) is 2.69. The first-order valence-electron chi connectivity index (χ1n) is 8.65. The van der Waals surface area contributed by atoms with Gasteiger partial charge in [0.15, 0.2) is 5.16 Å². The van der Waals surface area contributed by atoms with Crippen molar-refractivity contribution in [3.8, 4) is 6.07 Å². The maximum atomic E-state index is 13.2. The molecule has 2 aliphatic rings. The summed E-state index contributed by atoms with van der Waals surface area (Å²) in [5.74, 6) is 0.755. The molecular weight excluding hydrogens is 346 g/mol. The number of hydrogen-bond acceptors (Lipinski definition) is 6. The van der Waals surface area contributed by atoms with Gasteiger partial charge in [0.1, 0.15) is 11.4 Å². The van der Waals surface area contributed by atoms with Gasteiger partial charge in [0.2, 0.25) is 0 Å². The van der Waals surface area contributed by atoms with Gasteiger partial charge in [-0.2, -0.15) is 5.26 Å². The Morgan fingerprint density at radius 1 is 1.35 bits per heavy atom. The minimum Gasteiger partial charge on any atom is -0.351 e. The number of carbonyl (C=O) groups excluding carboxylic acids is 1. The third-order valence-corrected chi connectivity index (χ3v) is 5.55. The molecule has 26 heavy (non-hydrogen) atoms. The second kappa shape index (κ2) is 6.96. The molecule has 1 amide bonds. The second-order valence-corrected chi connectivity index (χ2v) is 7.35. The molecule has 2 aromatic rings. The fourth-order valence-electron chi connectivity index (χ4n) is 3.68. The van der Waals surface area contributed by atoms with Gasteiger partial charge in [-0.1, -0.05) is 23.9 Å². The lowest BCUT2D eigenvalue weighted by molar-refractivity contribution is 0.0741. The number of hydrogen-bond donors (Lipinski definition) is 0. The van der Waals surface area contributed by atoms with Crippen LogP contribution >= 0.6 is 11.8 Å². The van der Waals surface area contributed by atoms with Crippen LogP contribution in [0.1, 0.15) is 34.3 Å². The molecule has 7 heteroatoms. The number of carbonyl (C=O) groups is 1. The maximum absolute atomic E-state index is 13.2. The summed E-state index contributed by atoms with van der Waals surface area (Å²) in [4.78, 5) is 26.3. The molecule has 2 aliphatic heterocycles. The highest BCUT2D eigenvalue weighted by molar-refractivity contribution is 7.98. The first-order valence-corrected chi connectivity index (χ1v) is 9.88. The molecule has 6 nitrogen and oxygen atoms in total. The highest BCUT2D eigenvalue weighted by Crippen LogP contribution is 2.32. The minimum absolute atomic E-state index is 0.0218. The van der Waals surface area contributed by atoms with Gasteiger partial charge >= 0.3 is 0 Å². The van der Waals surface area contributed by atoms with E-state index >= 15 is 0 Å². The number of fused-ring (bicyclic) bond motifs is 3. The number of nitrogens with zero attached hydrogens (tertiary/aromatic N) is 5. The average molecular weight is 365 g/mol. The number of amides is 1. The number of anilines is 1. The molecule has 0 N–H and O–H groups in total. The van der Waals surface area contributed by atoms with Crippen LogP contribution in [0.25, 0.3) is 0 Å². The summed E-state index contributed by atoms with van der Waals surface area (Å²) in [5, 5.41) is 9.65. The standard InChI is InChI=1S/C19H19N5OS/c1-26-19-21-10-16-17(22-19)24-8-2-3-15(24)12-23(18(16)25)11-14-6-4-13(9-20)5-7-14/h4-7,10,15H,2-3,8,11-12H2,1H3/t15-/m0/s1. The summed E-state index contributed by atoms with van der Waals surface area (Å²) in [6.07, 6.45) is 5.79. The van der Waals surface area contributed by atoms with E-state index in [1.807, 2.05) is 23.3 Å². The van der Waals surface area contributed by atoms with E-state index in [9.17, 15) is 4.79 Å². The number of nitriles is 1. The fourth-order valence-corrected chi connectivity index (χ4v) is 4.01. The van der Waals surface area contributed by atoms with Gasteiger partial charge in [-0.25, -0.2) is 9.97 Å². The molecule has 1 atom stereocenters. The zero-order chi connectivity index (χ0) is 18.1. The van der Waals surface area contributed by atoms with Crippen molar-refractivity contribution in [1.29, 1.82) is 5.26 Å². The topological polar surface area (TPSA) is 73.1 Å². The molecule has 0 radical (unpaired) electrons. The molecule has 1 fully saturated rings. The van der Waals surface area contributed by atoms with Crippen LogP contribution in [0.15, 0.2) is 35.6 Å². The van der Waals surface area contributed by atoms with E-state index in [1.54, 1.807) is 18.3 Å². The molecule has 3 heterocycles. The van der Waals surface area contributed by atoms with Gasteiger partial charge in [-0.15, -0.1) is 0 Å². The molecule has 132 valence electrons. The van der Waals surface area contributed by atoms with Gasteiger partial charge in [0.05, 0.1) is 11.6 Å². The quantitative estimate of drug-likeness (QED) is 0.615. The summed E-state index contributed by atoms with van der Waals surface area (Å²) in [6.45, 7) is 2.14. The van der Waals surface area contributed by atoms with Crippen molar-refractivity contribution in [3.63, 3.8) is 0 Å². The van der Waals surface area contributed by atoms with Crippen LogP contribution in [-0.2, 0) is 6.54 Å². The van der Waals surface area contributed by atoms with E-state index in [4.69, 9.17) is 5.26 Å². The Bertz CT molecular complexity index is 876. The van der Waals surface area contributed by atoms with Crippen molar-refractivity contribution >= 4 is 23.5 Å². The number of rotatable bonds is 3. The van der Waals surface area contributed by atoms with E-state index in [0.717, 1.165) is 30.8 Å². The molecule has 0 saturated carbocycles. The van der Waals surface area contributed by atoms with E-state index < -0.39 is 0 Å². The van der Waals surface area contributed by atoms with Crippen LogP contribution < -0.4 is 4.90 Å². The normalized spacial score (nSPS) is 18.9. The van der Waals surface area contributed by atoms with Gasteiger partial charge in [0.25, 0.3) is 5.91 Å². The Balaban J connectivity index is 1.68. The fraction of sp³-hybridized carbons (Fsp3) is 0.368. The Labute approximate surface area is 156 Å². The Hall–Kier alpha value is -2.59. The van der Waals surface area contributed by atoms with Crippen molar-refractivity contribution in [3.05, 3.63) is 47.2 Å². The molecule has 1 aromatic carbocycles. The minimum atomic E-state index is -0.0218. The molecule has 1 aromatic heterocycles. The highest BCUT2D eigenvalue weighted by atomic mass is 32.2. The van der Waals surface area contributed by atoms with Gasteiger partial charge < -0.3 is 9.80 Å².